The Kier molecular flexibility index (Phi) is 4.26. The minimum Gasteiger partial charge on any atom is -0.383 e. The quantitative estimate of drug-likeness (QED) is 0.847. The maximum atomic E-state index is 6.19. The molecular formula is C13H19ClN2O. The summed E-state index contributed by atoms with van der Waals surface area (Å²) >= 11 is 6.19. The van der Waals surface area contributed by atoms with E-state index in [9.17, 15) is 0 Å². The second-order valence-electron chi connectivity index (χ2n) is 4.36. The lowest BCUT2D eigenvalue weighted by molar-refractivity contribution is 0.205. The molecule has 0 spiro atoms. The van der Waals surface area contributed by atoms with Gasteiger partial charge >= 0.3 is 0 Å². The van der Waals surface area contributed by atoms with Crippen molar-refractivity contribution in [1.29, 1.82) is 0 Å². The van der Waals surface area contributed by atoms with Crippen LogP contribution >= 0.6 is 11.6 Å². The number of nitrogens with two attached hydrogens (primary N) is 1. The third-order valence-corrected chi connectivity index (χ3v) is 3.49. The van der Waals surface area contributed by atoms with Gasteiger partial charge in [-0.3, -0.25) is 0 Å². The highest BCUT2D eigenvalue weighted by Crippen LogP contribution is 2.35. The monoisotopic (exact) mass is 254 g/mol. The SMILES string of the molecule is COCCN(c1cccc(Cl)c1CN)C1CC1. The molecule has 1 fully saturated rings. The van der Waals surface area contributed by atoms with Gasteiger partial charge in [0, 0.05) is 42.5 Å². The van der Waals surface area contributed by atoms with Crippen LogP contribution in [0, 0.1) is 0 Å². The van der Waals surface area contributed by atoms with Crippen molar-refractivity contribution < 1.29 is 4.74 Å². The van der Waals surface area contributed by atoms with Crippen molar-refractivity contribution in [1.82, 2.24) is 0 Å². The molecule has 1 aromatic rings. The van der Waals surface area contributed by atoms with Crippen LogP contribution in [-0.2, 0) is 11.3 Å². The largest absolute Gasteiger partial charge is 0.383 e. The molecule has 4 heteroatoms. The Labute approximate surface area is 107 Å². The van der Waals surface area contributed by atoms with Crippen molar-refractivity contribution in [3.8, 4) is 0 Å². The summed E-state index contributed by atoms with van der Waals surface area (Å²) in [5, 5.41) is 0.757. The third-order valence-electron chi connectivity index (χ3n) is 3.13. The first-order valence-electron chi connectivity index (χ1n) is 6.01. The van der Waals surface area contributed by atoms with Crippen molar-refractivity contribution in [2.24, 2.45) is 5.73 Å². The van der Waals surface area contributed by atoms with Gasteiger partial charge in [-0.05, 0) is 25.0 Å². The number of nitrogens with zero attached hydrogens (tertiary/aromatic N) is 1. The third kappa shape index (κ3) is 2.92. The van der Waals surface area contributed by atoms with Gasteiger partial charge in [-0.25, -0.2) is 0 Å². The molecule has 0 unspecified atom stereocenters. The summed E-state index contributed by atoms with van der Waals surface area (Å²) in [6.45, 7) is 2.10. The van der Waals surface area contributed by atoms with E-state index in [2.05, 4.69) is 11.0 Å². The van der Waals surface area contributed by atoms with Crippen molar-refractivity contribution >= 4 is 17.3 Å². The molecule has 2 N–H and O–H groups in total. The summed E-state index contributed by atoms with van der Waals surface area (Å²) in [5.41, 5.74) is 8.00. The number of benzene rings is 1. The van der Waals surface area contributed by atoms with Gasteiger partial charge in [0.15, 0.2) is 0 Å². The maximum absolute atomic E-state index is 6.19. The van der Waals surface area contributed by atoms with Crippen LogP contribution in [0.1, 0.15) is 18.4 Å². The van der Waals surface area contributed by atoms with E-state index in [1.807, 2.05) is 12.1 Å². The zero-order valence-electron chi connectivity index (χ0n) is 10.2. The van der Waals surface area contributed by atoms with E-state index in [0.717, 1.165) is 23.7 Å². The van der Waals surface area contributed by atoms with Crippen molar-refractivity contribution in [2.45, 2.75) is 25.4 Å². The zero-order chi connectivity index (χ0) is 12.3. The van der Waals surface area contributed by atoms with E-state index >= 15 is 0 Å². The summed E-state index contributed by atoms with van der Waals surface area (Å²) < 4.78 is 5.17. The molecule has 3 nitrogen and oxygen atoms in total. The summed E-state index contributed by atoms with van der Waals surface area (Å²) in [5.74, 6) is 0. The van der Waals surface area contributed by atoms with Gasteiger partial charge in [0.1, 0.15) is 0 Å². The van der Waals surface area contributed by atoms with Crippen LogP contribution in [0.15, 0.2) is 18.2 Å². The average molecular weight is 255 g/mol. The lowest BCUT2D eigenvalue weighted by Gasteiger charge is -2.27. The first-order valence-corrected chi connectivity index (χ1v) is 6.38. The molecule has 0 heterocycles. The van der Waals surface area contributed by atoms with Crippen LogP contribution in [0.3, 0.4) is 0 Å². The van der Waals surface area contributed by atoms with E-state index in [-0.39, 0.29) is 0 Å². The zero-order valence-corrected chi connectivity index (χ0v) is 10.9. The molecular weight excluding hydrogens is 236 g/mol. The predicted molar refractivity (Wildman–Crippen MR) is 71.6 cm³/mol. The number of ether oxygens (including phenoxy) is 1. The lowest BCUT2D eigenvalue weighted by Crippen LogP contribution is -2.30. The number of anilines is 1. The second kappa shape index (κ2) is 5.71. The van der Waals surface area contributed by atoms with Crippen LogP contribution in [0.25, 0.3) is 0 Å². The Morgan fingerprint density at radius 2 is 2.24 bits per heavy atom. The van der Waals surface area contributed by atoms with Gasteiger partial charge in [-0.1, -0.05) is 17.7 Å². The number of methoxy groups -OCH3 is 1. The Bertz CT molecular complexity index is 380. The molecule has 0 aliphatic heterocycles. The van der Waals surface area contributed by atoms with Gasteiger partial charge in [0.05, 0.1) is 6.61 Å². The number of rotatable bonds is 6. The van der Waals surface area contributed by atoms with Gasteiger partial charge in [-0.15, -0.1) is 0 Å². The van der Waals surface area contributed by atoms with E-state index in [1.165, 1.54) is 18.5 Å². The minimum absolute atomic E-state index is 0.477. The number of hydrogen-bond donors (Lipinski definition) is 1. The molecule has 1 saturated carbocycles. The lowest BCUT2D eigenvalue weighted by atomic mass is 10.1. The van der Waals surface area contributed by atoms with Gasteiger partial charge < -0.3 is 15.4 Å². The van der Waals surface area contributed by atoms with Crippen LogP contribution in [0.2, 0.25) is 5.02 Å². The Balaban J connectivity index is 2.25. The highest BCUT2D eigenvalue weighted by atomic mass is 35.5. The topological polar surface area (TPSA) is 38.5 Å². The molecule has 1 aromatic carbocycles. The van der Waals surface area contributed by atoms with Crippen LogP contribution < -0.4 is 10.6 Å². The summed E-state index contributed by atoms with van der Waals surface area (Å²) in [4.78, 5) is 2.37. The van der Waals surface area contributed by atoms with E-state index in [1.54, 1.807) is 7.11 Å². The Morgan fingerprint density at radius 1 is 1.47 bits per heavy atom. The second-order valence-corrected chi connectivity index (χ2v) is 4.77. The molecule has 2 rings (SSSR count). The molecule has 0 aromatic heterocycles. The molecule has 1 aliphatic carbocycles. The molecule has 0 saturated heterocycles. The van der Waals surface area contributed by atoms with Crippen molar-refractivity contribution in [3.05, 3.63) is 28.8 Å². The summed E-state index contributed by atoms with van der Waals surface area (Å²) in [7, 11) is 1.73. The molecule has 0 amide bonds. The Hall–Kier alpha value is -0.770. The highest BCUT2D eigenvalue weighted by Gasteiger charge is 2.30. The van der Waals surface area contributed by atoms with Crippen molar-refractivity contribution in [2.75, 3.05) is 25.2 Å². The molecule has 0 bridgehead atoms. The fourth-order valence-electron chi connectivity index (χ4n) is 2.09. The number of halogens is 1. The first-order chi connectivity index (χ1) is 8.27. The smallest absolute Gasteiger partial charge is 0.0637 e. The molecule has 17 heavy (non-hydrogen) atoms. The number of hydrogen-bond acceptors (Lipinski definition) is 3. The van der Waals surface area contributed by atoms with Crippen LogP contribution in [-0.4, -0.2) is 26.3 Å². The van der Waals surface area contributed by atoms with Gasteiger partial charge in [-0.2, -0.15) is 0 Å². The normalized spacial score (nSPS) is 15.0. The molecule has 0 atom stereocenters. The van der Waals surface area contributed by atoms with Crippen molar-refractivity contribution in [3.63, 3.8) is 0 Å². The van der Waals surface area contributed by atoms with Gasteiger partial charge in [0.25, 0.3) is 0 Å². The van der Waals surface area contributed by atoms with Crippen LogP contribution in [0.5, 0.6) is 0 Å². The van der Waals surface area contributed by atoms with E-state index in [0.29, 0.717) is 12.6 Å². The highest BCUT2D eigenvalue weighted by molar-refractivity contribution is 6.31. The molecule has 94 valence electrons. The van der Waals surface area contributed by atoms with E-state index < -0.39 is 0 Å². The molecule has 1 aliphatic rings. The molecule has 0 radical (unpaired) electrons. The van der Waals surface area contributed by atoms with Crippen LogP contribution in [0.4, 0.5) is 5.69 Å². The predicted octanol–water partition coefficient (Wildman–Crippen LogP) is 2.41. The minimum atomic E-state index is 0.477. The standard InChI is InChI=1S/C13H19ClN2O/c1-17-8-7-16(10-5-6-10)13-4-2-3-12(14)11(13)9-15/h2-4,10H,5-9,15H2,1H3. The fourth-order valence-corrected chi connectivity index (χ4v) is 2.34. The van der Waals surface area contributed by atoms with Gasteiger partial charge in [0.2, 0.25) is 0 Å². The maximum Gasteiger partial charge on any atom is 0.0637 e. The van der Waals surface area contributed by atoms with E-state index in [4.69, 9.17) is 22.1 Å². The summed E-state index contributed by atoms with van der Waals surface area (Å²) in [6, 6.07) is 6.62. The Morgan fingerprint density at radius 3 is 2.82 bits per heavy atom. The summed E-state index contributed by atoms with van der Waals surface area (Å²) in [6.07, 6.45) is 2.50. The fraction of sp³-hybridized carbons (Fsp3) is 0.538. The average Bonchev–Trinajstić information content (AvgIpc) is 3.14. The first kappa shape index (κ1) is 12.7.